The average Bonchev–Trinajstić information content (AvgIpc) is 2.46. The Hall–Kier alpha value is -1.75. The molecule has 2 heterocycles. The van der Waals surface area contributed by atoms with E-state index in [1.807, 2.05) is 0 Å². The van der Waals surface area contributed by atoms with Gasteiger partial charge < -0.3 is 10.6 Å². The molecule has 0 unspecified atom stereocenters. The van der Waals surface area contributed by atoms with E-state index in [9.17, 15) is 9.59 Å². The van der Waals surface area contributed by atoms with E-state index in [1.165, 1.54) is 6.20 Å². The van der Waals surface area contributed by atoms with Gasteiger partial charge in [0.25, 0.3) is 5.91 Å². The minimum absolute atomic E-state index is 0.105. The number of aromatic nitrogens is 1. The lowest BCUT2D eigenvalue weighted by Crippen LogP contribution is -2.37. The summed E-state index contributed by atoms with van der Waals surface area (Å²) in [7, 11) is 0. The molecule has 18 heavy (non-hydrogen) atoms. The second kappa shape index (κ2) is 5.73. The molecule has 0 aromatic carbocycles. The summed E-state index contributed by atoms with van der Waals surface area (Å²) in [5, 5.41) is 0. The molecule has 1 fully saturated rings. The van der Waals surface area contributed by atoms with Gasteiger partial charge in [0.05, 0.1) is 12.1 Å². The molecule has 5 heteroatoms. The van der Waals surface area contributed by atoms with Crippen molar-refractivity contribution in [3.63, 3.8) is 0 Å². The van der Waals surface area contributed by atoms with Crippen molar-refractivity contribution >= 4 is 11.7 Å². The first-order valence-electron chi connectivity index (χ1n) is 6.21. The normalized spacial score (nSPS) is 15.5. The van der Waals surface area contributed by atoms with Crippen LogP contribution in [-0.2, 0) is 0 Å². The van der Waals surface area contributed by atoms with Crippen LogP contribution in [0, 0.1) is 0 Å². The average molecular weight is 247 g/mol. The molecular formula is C13H17N3O2. The molecule has 0 atom stereocenters. The van der Waals surface area contributed by atoms with E-state index in [-0.39, 0.29) is 23.9 Å². The standard InChI is InChI=1S/C13H17N3O2/c14-9-11(17)10-5-4-6-15-12(10)13(18)16-7-2-1-3-8-16/h4-6H,1-3,7-9,14H2. The monoisotopic (exact) mass is 247 g/mol. The van der Waals surface area contributed by atoms with Gasteiger partial charge in [0, 0.05) is 19.3 Å². The molecule has 1 aliphatic heterocycles. The summed E-state index contributed by atoms with van der Waals surface area (Å²) in [6, 6.07) is 3.26. The second-order valence-corrected chi connectivity index (χ2v) is 4.38. The Kier molecular flexibility index (Phi) is 4.04. The van der Waals surface area contributed by atoms with Crippen molar-refractivity contribution in [1.29, 1.82) is 0 Å². The molecule has 1 saturated heterocycles. The third-order valence-electron chi connectivity index (χ3n) is 3.14. The Morgan fingerprint density at radius 1 is 1.28 bits per heavy atom. The first-order valence-corrected chi connectivity index (χ1v) is 6.21. The lowest BCUT2D eigenvalue weighted by molar-refractivity contribution is 0.0713. The summed E-state index contributed by atoms with van der Waals surface area (Å²) in [5.74, 6) is -0.407. The number of carbonyl (C=O) groups is 2. The largest absolute Gasteiger partial charge is 0.337 e. The summed E-state index contributed by atoms with van der Waals surface area (Å²) in [6.45, 7) is 1.38. The number of nitrogens with two attached hydrogens (primary N) is 1. The predicted molar refractivity (Wildman–Crippen MR) is 67.4 cm³/mol. The van der Waals surface area contributed by atoms with Crippen LogP contribution < -0.4 is 5.73 Å². The van der Waals surface area contributed by atoms with E-state index < -0.39 is 0 Å². The molecule has 1 amide bonds. The van der Waals surface area contributed by atoms with Crippen molar-refractivity contribution < 1.29 is 9.59 Å². The van der Waals surface area contributed by atoms with E-state index in [2.05, 4.69) is 4.98 Å². The van der Waals surface area contributed by atoms with Crippen LogP contribution in [0.2, 0.25) is 0 Å². The SMILES string of the molecule is NCC(=O)c1cccnc1C(=O)N1CCCCC1. The molecule has 0 spiro atoms. The Morgan fingerprint density at radius 2 is 2.00 bits per heavy atom. The topological polar surface area (TPSA) is 76.3 Å². The van der Waals surface area contributed by atoms with Crippen LogP contribution in [0.1, 0.15) is 40.1 Å². The van der Waals surface area contributed by atoms with Crippen LogP contribution in [0.25, 0.3) is 0 Å². The first kappa shape index (κ1) is 12.7. The Balaban J connectivity index is 2.26. The highest BCUT2D eigenvalue weighted by atomic mass is 16.2. The van der Waals surface area contributed by atoms with Crippen molar-refractivity contribution in [2.45, 2.75) is 19.3 Å². The minimum atomic E-state index is -0.247. The Bertz CT molecular complexity index is 453. The van der Waals surface area contributed by atoms with Gasteiger partial charge in [-0.3, -0.25) is 14.6 Å². The number of hydrogen-bond acceptors (Lipinski definition) is 4. The number of piperidine rings is 1. The van der Waals surface area contributed by atoms with Crippen LogP contribution in [0.4, 0.5) is 0 Å². The quantitative estimate of drug-likeness (QED) is 0.803. The summed E-state index contributed by atoms with van der Waals surface area (Å²) in [5.41, 5.74) is 5.91. The zero-order chi connectivity index (χ0) is 13.0. The lowest BCUT2D eigenvalue weighted by atomic mass is 10.1. The van der Waals surface area contributed by atoms with Gasteiger partial charge >= 0.3 is 0 Å². The van der Waals surface area contributed by atoms with Crippen molar-refractivity contribution in [1.82, 2.24) is 9.88 Å². The number of Topliss-reactive ketones (excluding diaryl/α,β-unsaturated/α-hetero) is 1. The Morgan fingerprint density at radius 3 is 2.67 bits per heavy atom. The van der Waals surface area contributed by atoms with Gasteiger partial charge in [-0.05, 0) is 31.4 Å². The highest BCUT2D eigenvalue weighted by molar-refractivity contribution is 6.07. The third-order valence-corrected chi connectivity index (χ3v) is 3.14. The van der Waals surface area contributed by atoms with Gasteiger partial charge in [0.2, 0.25) is 0 Å². The fourth-order valence-electron chi connectivity index (χ4n) is 2.16. The highest BCUT2D eigenvalue weighted by Crippen LogP contribution is 2.14. The number of carbonyl (C=O) groups excluding carboxylic acids is 2. The van der Waals surface area contributed by atoms with Crippen molar-refractivity contribution in [2.24, 2.45) is 5.73 Å². The molecule has 2 rings (SSSR count). The summed E-state index contributed by atoms with van der Waals surface area (Å²) >= 11 is 0. The lowest BCUT2D eigenvalue weighted by Gasteiger charge is -2.26. The molecule has 1 aromatic heterocycles. The maximum absolute atomic E-state index is 12.3. The fraction of sp³-hybridized carbons (Fsp3) is 0.462. The fourth-order valence-corrected chi connectivity index (χ4v) is 2.16. The molecule has 96 valence electrons. The maximum Gasteiger partial charge on any atom is 0.273 e. The van der Waals surface area contributed by atoms with E-state index in [0.29, 0.717) is 5.56 Å². The molecular weight excluding hydrogens is 230 g/mol. The van der Waals surface area contributed by atoms with Crippen molar-refractivity contribution in [3.05, 3.63) is 29.6 Å². The molecule has 0 saturated carbocycles. The number of nitrogens with zero attached hydrogens (tertiary/aromatic N) is 2. The molecule has 0 aliphatic carbocycles. The van der Waals surface area contributed by atoms with Crippen molar-refractivity contribution in [3.8, 4) is 0 Å². The summed E-state index contributed by atoms with van der Waals surface area (Å²) in [6.07, 6.45) is 4.71. The second-order valence-electron chi connectivity index (χ2n) is 4.38. The van der Waals surface area contributed by atoms with Gasteiger partial charge in [-0.2, -0.15) is 0 Å². The zero-order valence-electron chi connectivity index (χ0n) is 10.3. The van der Waals surface area contributed by atoms with Gasteiger partial charge in [0.15, 0.2) is 5.78 Å². The third kappa shape index (κ3) is 2.56. The number of hydrogen-bond donors (Lipinski definition) is 1. The van der Waals surface area contributed by atoms with Crippen LogP contribution >= 0.6 is 0 Å². The molecule has 1 aliphatic rings. The smallest absolute Gasteiger partial charge is 0.273 e. The summed E-state index contributed by atoms with van der Waals surface area (Å²) in [4.78, 5) is 29.8. The van der Waals surface area contributed by atoms with E-state index in [4.69, 9.17) is 5.73 Å². The van der Waals surface area contributed by atoms with E-state index >= 15 is 0 Å². The molecule has 1 aromatic rings. The number of ketones is 1. The van der Waals surface area contributed by atoms with Crippen LogP contribution in [0.5, 0.6) is 0 Å². The van der Waals surface area contributed by atoms with Gasteiger partial charge in [-0.15, -0.1) is 0 Å². The molecule has 5 nitrogen and oxygen atoms in total. The van der Waals surface area contributed by atoms with Gasteiger partial charge in [-0.25, -0.2) is 0 Å². The first-order chi connectivity index (χ1) is 8.74. The minimum Gasteiger partial charge on any atom is -0.337 e. The number of likely N-dealkylation sites (tertiary alicyclic amines) is 1. The molecule has 2 N–H and O–H groups in total. The van der Waals surface area contributed by atoms with Crippen LogP contribution in [-0.4, -0.2) is 41.2 Å². The van der Waals surface area contributed by atoms with Crippen LogP contribution in [0.3, 0.4) is 0 Å². The summed E-state index contributed by atoms with van der Waals surface area (Å²) < 4.78 is 0. The van der Waals surface area contributed by atoms with Crippen molar-refractivity contribution in [2.75, 3.05) is 19.6 Å². The zero-order valence-corrected chi connectivity index (χ0v) is 10.3. The highest BCUT2D eigenvalue weighted by Gasteiger charge is 2.23. The predicted octanol–water partition coefficient (Wildman–Crippen LogP) is 0.849. The number of rotatable bonds is 3. The Labute approximate surface area is 106 Å². The number of amides is 1. The maximum atomic E-state index is 12.3. The van der Waals surface area contributed by atoms with Gasteiger partial charge in [0.1, 0.15) is 5.69 Å². The molecule has 0 bridgehead atoms. The number of pyridine rings is 1. The van der Waals surface area contributed by atoms with E-state index in [1.54, 1.807) is 17.0 Å². The van der Waals surface area contributed by atoms with Gasteiger partial charge in [-0.1, -0.05) is 0 Å². The van der Waals surface area contributed by atoms with Crippen LogP contribution in [0.15, 0.2) is 18.3 Å². The molecule has 0 radical (unpaired) electrons. The van der Waals surface area contributed by atoms with E-state index in [0.717, 1.165) is 32.4 Å².